The van der Waals surface area contributed by atoms with Gasteiger partial charge in [-0.1, -0.05) is 0 Å². The highest BCUT2D eigenvalue weighted by atomic mass is 19.1. The smallest absolute Gasteiger partial charge is 0.274 e. The summed E-state index contributed by atoms with van der Waals surface area (Å²) in [6, 6.07) is 7.46. The Morgan fingerprint density at radius 2 is 1.71 bits per heavy atom. The van der Waals surface area contributed by atoms with Gasteiger partial charge in [0.05, 0.1) is 0 Å². The summed E-state index contributed by atoms with van der Waals surface area (Å²) in [5, 5.41) is 4.45. The first kappa shape index (κ1) is 18.5. The van der Waals surface area contributed by atoms with Gasteiger partial charge in [-0.2, -0.15) is 5.10 Å². The molecule has 0 N–H and O–H groups in total. The van der Waals surface area contributed by atoms with Crippen LogP contribution in [-0.2, 0) is 17.8 Å². The van der Waals surface area contributed by atoms with E-state index in [1.165, 1.54) is 24.3 Å². The normalized spacial score (nSPS) is 16.6. The fourth-order valence-corrected chi connectivity index (χ4v) is 3.61. The number of nitrogens with zero attached hydrogens (tertiary/aromatic N) is 4. The van der Waals surface area contributed by atoms with Gasteiger partial charge in [-0.25, -0.2) is 4.39 Å². The standard InChI is InChI=1S/C20H23FN4O3/c21-15-4-6-17(7-5-15)28-14-19(26)23-9-11-24(12-10-23)20(27)18-13-16-3-1-2-8-25(16)22-18/h4-7,13H,1-3,8-12,14H2. The van der Waals surface area contributed by atoms with E-state index < -0.39 is 0 Å². The van der Waals surface area contributed by atoms with E-state index in [0.29, 0.717) is 37.6 Å². The van der Waals surface area contributed by atoms with Gasteiger partial charge in [0, 0.05) is 38.4 Å². The largest absolute Gasteiger partial charge is 0.484 e. The number of aromatic nitrogens is 2. The number of ether oxygens (including phenoxy) is 1. The van der Waals surface area contributed by atoms with Gasteiger partial charge in [0.15, 0.2) is 12.3 Å². The summed E-state index contributed by atoms with van der Waals surface area (Å²) in [5.41, 5.74) is 1.62. The zero-order valence-electron chi connectivity index (χ0n) is 15.6. The maximum Gasteiger partial charge on any atom is 0.274 e. The number of hydrogen-bond donors (Lipinski definition) is 0. The van der Waals surface area contributed by atoms with Crippen molar-refractivity contribution >= 4 is 11.8 Å². The molecule has 1 saturated heterocycles. The monoisotopic (exact) mass is 386 g/mol. The molecule has 2 aromatic rings. The number of carbonyl (C=O) groups is 2. The van der Waals surface area contributed by atoms with Crippen molar-refractivity contribution in [2.24, 2.45) is 0 Å². The minimum atomic E-state index is -0.349. The van der Waals surface area contributed by atoms with Crippen molar-refractivity contribution in [3.8, 4) is 5.75 Å². The van der Waals surface area contributed by atoms with Gasteiger partial charge in [0.2, 0.25) is 0 Å². The molecule has 0 saturated carbocycles. The molecule has 1 aromatic carbocycles. The third-order valence-electron chi connectivity index (χ3n) is 5.23. The number of fused-ring (bicyclic) bond motifs is 1. The summed E-state index contributed by atoms with van der Waals surface area (Å²) in [6.45, 7) is 2.65. The van der Waals surface area contributed by atoms with Gasteiger partial charge in [0.25, 0.3) is 11.8 Å². The van der Waals surface area contributed by atoms with E-state index in [4.69, 9.17) is 4.74 Å². The van der Waals surface area contributed by atoms with Crippen LogP contribution in [0, 0.1) is 5.82 Å². The number of amides is 2. The molecule has 0 aliphatic carbocycles. The lowest BCUT2D eigenvalue weighted by Gasteiger charge is -2.34. The molecule has 1 fully saturated rings. The van der Waals surface area contributed by atoms with E-state index in [9.17, 15) is 14.0 Å². The number of hydrogen-bond acceptors (Lipinski definition) is 4. The Hall–Kier alpha value is -2.90. The van der Waals surface area contributed by atoms with E-state index in [1.54, 1.807) is 9.80 Å². The molecule has 0 atom stereocenters. The van der Waals surface area contributed by atoms with Crippen LogP contribution in [0.2, 0.25) is 0 Å². The number of benzene rings is 1. The van der Waals surface area contributed by atoms with E-state index in [2.05, 4.69) is 5.10 Å². The molecule has 28 heavy (non-hydrogen) atoms. The molecule has 8 heteroatoms. The van der Waals surface area contributed by atoms with Gasteiger partial charge in [-0.15, -0.1) is 0 Å². The minimum Gasteiger partial charge on any atom is -0.484 e. The summed E-state index contributed by atoms with van der Waals surface area (Å²) >= 11 is 0. The first-order valence-corrected chi connectivity index (χ1v) is 9.62. The Labute approximate surface area is 162 Å². The lowest BCUT2D eigenvalue weighted by Crippen LogP contribution is -2.51. The van der Waals surface area contributed by atoms with Crippen LogP contribution in [0.3, 0.4) is 0 Å². The summed E-state index contributed by atoms with van der Waals surface area (Å²) in [6.07, 6.45) is 3.21. The predicted octanol–water partition coefficient (Wildman–Crippen LogP) is 1.72. The first-order chi connectivity index (χ1) is 13.6. The van der Waals surface area contributed by atoms with Crippen molar-refractivity contribution in [1.82, 2.24) is 19.6 Å². The van der Waals surface area contributed by atoms with Gasteiger partial charge < -0.3 is 14.5 Å². The summed E-state index contributed by atoms with van der Waals surface area (Å²) in [4.78, 5) is 28.5. The van der Waals surface area contributed by atoms with Crippen LogP contribution in [0.4, 0.5) is 4.39 Å². The average molecular weight is 386 g/mol. The van der Waals surface area contributed by atoms with Crippen LogP contribution in [0.25, 0.3) is 0 Å². The Morgan fingerprint density at radius 1 is 1.00 bits per heavy atom. The maximum atomic E-state index is 12.9. The van der Waals surface area contributed by atoms with E-state index in [1.807, 2.05) is 10.7 Å². The second kappa shape index (κ2) is 8.00. The second-order valence-corrected chi connectivity index (χ2v) is 7.12. The maximum absolute atomic E-state index is 12.9. The summed E-state index contributed by atoms with van der Waals surface area (Å²) < 4.78 is 20.2. The van der Waals surface area contributed by atoms with Gasteiger partial charge in [0.1, 0.15) is 11.6 Å². The van der Waals surface area contributed by atoms with Crippen LogP contribution in [0.5, 0.6) is 5.75 Å². The molecule has 0 spiro atoms. The molecule has 7 nitrogen and oxygen atoms in total. The van der Waals surface area contributed by atoms with Gasteiger partial charge in [-0.05, 0) is 49.6 Å². The summed E-state index contributed by atoms with van der Waals surface area (Å²) in [5.74, 6) is -0.115. The summed E-state index contributed by atoms with van der Waals surface area (Å²) in [7, 11) is 0. The predicted molar refractivity (Wildman–Crippen MR) is 99.5 cm³/mol. The van der Waals surface area contributed by atoms with Gasteiger partial charge >= 0.3 is 0 Å². The van der Waals surface area contributed by atoms with Crippen LogP contribution in [-0.4, -0.2) is 64.2 Å². The molecule has 4 rings (SSSR count). The number of aryl methyl sites for hydroxylation is 2. The molecular weight excluding hydrogens is 363 g/mol. The molecule has 3 heterocycles. The molecule has 148 valence electrons. The second-order valence-electron chi connectivity index (χ2n) is 7.12. The third-order valence-corrected chi connectivity index (χ3v) is 5.23. The zero-order chi connectivity index (χ0) is 19.5. The van der Waals surface area contributed by atoms with Crippen molar-refractivity contribution < 1.29 is 18.7 Å². The van der Waals surface area contributed by atoms with Crippen molar-refractivity contribution in [3.05, 3.63) is 47.5 Å². The van der Waals surface area contributed by atoms with Crippen LogP contribution in [0.1, 0.15) is 29.0 Å². The number of halogens is 1. The van der Waals surface area contributed by atoms with Crippen molar-refractivity contribution in [1.29, 1.82) is 0 Å². The Bertz CT molecular complexity index is 833. The highest BCUT2D eigenvalue weighted by molar-refractivity contribution is 5.92. The topological polar surface area (TPSA) is 67.7 Å². The van der Waals surface area contributed by atoms with Gasteiger partial charge in [-0.3, -0.25) is 14.3 Å². The molecule has 2 amide bonds. The Morgan fingerprint density at radius 3 is 2.43 bits per heavy atom. The molecule has 2 aliphatic heterocycles. The number of piperazine rings is 1. The zero-order valence-corrected chi connectivity index (χ0v) is 15.6. The van der Waals surface area contributed by atoms with Crippen LogP contribution < -0.4 is 4.74 Å². The van der Waals surface area contributed by atoms with Crippen molar-refractivity contribution in [2.75, 3.05) is 32.8 Å². The molecular formula is C20H23FN4O3. The Kier molecular flexibility index (Phi) is 5.27. The molecule has 0 radical (unpaired) electrons. The van der Waals surface area contributed by atoms with Crippen LogP contribution in [0.15, 0.2) is 30.3 Å². The van der Waals surface area contributed by atoms with Crippen molar-refractivity contribution in [2.45, 2.75) is 25.8 Å². The molecule has 0 bridgehead atoms. The first-order valence-electron chi connectivity index (χ1n) is 9.62. The van der Waals surface area contributed by atoms with E-state index >= 15 is 0 Å². The molecule has 1 aromatic heterocycles. The number of carbonyl (C=O) groups excluding carboxylic acids is 2. The number of rotatable bonds is 4. The fraction of sp³-hybridized carbons (Fsp3) is 0.450. The highest BCUT2D eigenvalue weighted by Crippen LogP contribution is 2.17. The highest BCUT2D eigenvalue weighted by Gasteiger charge is 2.27. The molecule has 0 unspecified atom stereocenters. The Balaban J connectivity index is 1.27. The molecule has 2 aliphatic rings. The lowest BCUT2D eigenvalue weighted by atomic mass is 10.1. The quantitative estimate of drug-likeness (QED) is 0.803. The minimum absolute atomic E-state index is 0.0726. The van der Waals surface area contributed by atoms with Crippen molar-refractivity contribution in [3.63, 3.8) is 0 Å². The average Bonchev–Trinajstić information content (AvgIpc) is 3.17. The van der Waals surface area contributed by atoms with E-state index in [0.717, 1.165) is 31.5 Å². The van der Waals surface area contributed by atoms with E-state index in [-0.39, 0.29) is 24.2 Å². The lowest BCUT2D eigenvalue weighted by molar-refractivity contribution is -0.134. The third kappa shape index (κ3) is 4.00. The fourth-order valence-electron chi connectivity index (χ4n) is 3.61. The SMILES string of the molecule is O=C(COc1ccc(F)cc1)N1CCN(C(=O)c2cc3n(n2)CCCC3)CC1. The van der Waals surface area contributed by atoms with Crippen LogP contribution >= 0.6 is 0 Å².